The molecule has 1 N–H and O–H groups in total. The Morgan fingerprint density at radius 3 is 2.70 bits per heavy atom. The van der Waals surface area contributed by atoms with E-state index in [4.69, 9.17) is 0 Å². The molecule has 1 aliphatic heterocycles. The van der Waals surface area contributed by atoms with Crippen molar-refractivity contribution in [1.82, 2.24) is 4.90 Å². The van der Waals surface area contributed by atoms with Gasteiger partial charge in [-0.2, -0.15) is 0 Å². The number of carbonyl (C=O) groups excluding carboxylic acids is 1. The minimum Gasteiger partial charge on any atom is -0.481 e. The van der Waals surface area contributed by atoms with Crippen LogP contribution in [0.15, 0.2) is 14.3 Å². The van der Waals surface area contributed by atoms with Gasteiger partial charge in [0.05, 0.1) is 14.1 Å². The van der Waals surface area contributed by atoms with E-state index in [0.29, 0.717) is 30.8 Å². The van der Waals surface area contributed by atoms with Crippen LogP contribution in [-0.2, 0) is 4.79 Å². The molecule has 20 heavy (non-hydrogen) atoms. The molecule has 1 unspecified atom stereocenters. The maximum Gasteiger partial charge on any atom is 0.311 e. The zero-order valence-corrected chi connectivity index (χ0v) is 15.0. The molecule has 1 aromatic rings. The normalized spacial score (nSPS) is 22.9. The fraction of sp³-hybridized carbons (Fsp3) is 0.538. The van der Waals surface area contributed by atoms with Gasteiger partial charge in [-0.15, -0.1) is 11.3 Å². The number of carboxylic acids is 1. The number of hydrogen-bond donors (Lipinski definition) is 1. The Bertz CT molecular complexity index is 526. The summed E-state index contributed by atoms with van der Waals surface area (Å²) < 4.78 is 1.72. The lowest BCUT2D eigenvalue weighted by Crippen LogP contribution is -2.49. The molecule has 4 nitrogen and oxygen atoms in total. The topological polar surface area (TPSA) is 57.6 Å². The maximum absolute atomic E-state index is 12.5. The first kappa shape index (κ1) is 16.0. The highest BCUT2D eigenvalue weighted by Crippen LogP contribution is 2.37. The number of carbonyl (C=O) groups is 2. The van der Waals surface area contributed by atoms with Crippen LogP contribution in [0.4, 0.5) is 0 Å². The predicted octanol–water partition coefficient (Wildman–Crippen LogP) is 3.99. The van der Waals surface area contributed by atoms with Crippen molar-refractivity contribution in [3.63, 3.8) is 0 Å². The van der Waals surface area contributed by atoms with Gasteiger partial charge in [-0.25, -0.2) is 0 Å². The Balaban J connectivity index is 2.20. The second kappa shape index (κ2) is 6.15. The molecule has 0 aromatic carbocycles. The van der Waals surface area contributed by atoms with Crippen LogP contribution in [0.2, 0.25) is 0 Å². The predicted molar refractivity (Wildman–Crippen MR) is 85.2 cm³/mol. The molecule has 0 aliphatic carbocycles. The van der Waals surface area contributed by atoms with E-state index in [1.165, 1.54) is 11.3 Å². The molecule has 1 saturated heterocycles. The van der Waals surface area contributed by atoms with Gasteiger partial charge >= 0.3 is 5.97 Å². The highest BCUT2D eigenvalue weighted by atomic mass is 79.9. The summed E-state index contributed by atoms with van der Waals surface area (Å²) in [5.41, 5.74) is -0.792. The highest BCUT2D eigenvalue weighted by Gasteiger charge is 2.42. The summed E-state index contributed by atoms with van der Waals surface area (Å²) in [6, 6.07) is 1.78. The monoisotopic (exact) mass is 423 g/mol. The lowest BCUT2D eigenvalue weighted by atomic mass is 9.77. The minimum atomic E-state index is -0.800. The highest BCUT2D eigenvalue weighted by molar-refractivity contribution is 9.13. The number of piperidine rings is 1. The van der Waals surface area contributed by atoms with E-state index in [1.807, 2.05) is 6.92 Å². The van der Waals surface area contributed by atoms with Crippen molar-refractivity contribution in [2.45, 2.75) is 26.2 Å². The number of aliphatic carboxylic acids is 1. The van der Waals surface area contributed by atoms with E-state index >= 15 is 0 Å². The third-order valence-electron chi connectivity index (χ3n) is 3.85. The Kier molecular flexibility index (Phi) is 4.92. The van der Waals surface area contributed by atoms with Crippen LogP contribution in [-0.4, -0.2) is 35.0 Å². The minimum absolute atomic E-state index is 0.0832. The molecule has 1 amide bonds. The number of rotatable bonds is 3. The lowest BCUT2D eigenvalue weighted by Gasteiger charge is -2.39. The Hall–Kier alpha value is -0.400. The number of halogens is 2. The quantitative estimate of drug-likeness (QED) is 0.797. The first-order valence-electron chi connectivity index (χ1n) is 6.37. The summed E-state index contributed by atoms with van der Waals surface area (Å²) in [5.74, 6) is -0.883. The molecule has 2 rings (SSSR count). The van der Waals surface area contributed by atoms with Gasteiger partial charge in [-0.3, -0.25) is 9.59 Å². The van der Waals surface area contributed by atoms with Gasteiger partial charge in [0.2, 0.25) is 0 Å². The molecule has 7 heteroatoms. The van der Waals surface area contributed by atoms with Crippen molar-refractivity contribution in [1.29, 1.82) is 0 Å². The van der Waals surface area contributed by atoms with Gasteiger partial charge in [-0.05, 0) is 57.2 Å². The van der Waals surface area contributed by atoms with E-state index in [2.05, 4.69) is 31.9 Å². The fourth-order valence-corrected chi connectivity index (χ4v) is 4.53. The van der Waals surface area contributed by atoms with Gasteiger partial charge in [0.1, 0.15) is 0 Å². The third-order valence-corrected chi connectivity index (χ3v) is 7.09. The maximum atomic E-state index is 12.5. The van der Waals surface area contributed by atoms with Crippen LogP contribution in [0.3, 0.4) is 0 Å². The molecule has 0 saturated carbocycles. The summed E-state index contributed by atoms with van der Waals surface area (Å²) >= 11 is 8.10. The SMILES string of the molecule is CCC1(C(=O)O)CCCN(C(=O)c2cc(Br)c(Br)s2)C1. The number of carboxylic acid groups (broad SMARTS) is 1. The summed E-state index contributed by atoms with van der Waals surface area (Å²) in [6.07, 6.45) is 1.92. The van der Waals surface area contributed by atoms with Crippen molar-refractivity contribution >= 4 is 55.1 Å². The van der Waals surface area contributed by atoms with Crippen LogP contribution < -0.4 is 0 Å². The summed E-state index contributed by atoms with van der Waals surface area (Å²) in [4.78, 5) is 26.3. The van der Waals surface area contributed by atoms with Crippen molar-refractivity contribution in [3.8, 4) is 0 Å². The van der Waals surface area contributed by atoms with Gasteiger partial charge in [0.25, 0.3) is 5.91 Å². The zero-order chi connectivity index (χ0) is 14.9. The van der Waals surface area contributed by atoms with Crippen LogP contribution in [0.25, 0.3) is 0 Å². The van der Waals surface area contributed by atoms with Crippen LogP contribution in [0.1, 0.15) is 35.9 Å². The molecule has 1 aliphatic rings. The van der Waals surface area contributed by atoms with E-state index in [1.54, 1.807) is 11.0 Å². The second-order valence-corrected chi connectivity index (χ2v) is 8.23. The first-order valence-corrected chi connectivity index (χ1v) is 8.77. The molecule has 1 aromatic heterocycles. The molecule has 110 valence electrons. The molecular weight excluding hydrogens is 410 g/mol. The van der Waals surface area contributed by atoms with Gasteiger partial charge in [0.15, 0.2) is 0 Å². The summed E-state index contributed by atoms with van der Waals surface area (Å²) in [7, 11) is 0. The van der Waals surface area contributed by atoms with Gasteiger partial charge < -0.3 is 10.0 Å². The van der Waals surface area contributed by atoms with Crippen LogP contribution >= 0.6 is 43.2 Å². The first-order chi connectivity index (χ1) is 9.39. The zero-order valence-electron chi connectivity index (χ0n) is 11.0. The molecule has 1 atom stereocenters. The molecule has 0 spiro atoms. The summed E-state index contributed by atoms with van der Waals surface area (Å²) in [6.45, 7) is 2.80. The summed E-state index contributed by atoms with van der Waals surface area (Å²) in [5, 5.41) is 9.46. The molecule has 0 radical (unpaired) electrons. The number of nitrogens with zero attached hydrogens (tertiary/aromatic N) is 1. The standard InChI is InChI=1S/C13H15Br2NO3S/c1-2-13(12(18)19)4-3-5-16(7-13)11(17)9-6-8(14)10(15)20-9/h6H,2-5,7H2,1H3,(H,18,19). The number of amides is 1. The van der Waals surface area contributed by atoms with Gasteiger partial charge in [-0.1, -0.05) is 6.92 Å². The molecule has 0 bridgehead atoms. The van der Waals surface area contributed by atoms with Crippen LogP contribution in [0, 0.1) is 5.41 Å². The van der Waals surface area contributed by atoms with Crippen molar-refractivity contribution in [3.05, 3.63) is 19.2 Å². The van der Waals surface area contributed by atoms with Crippen molar-refractivity contribution in [2.75, 3.05) is 13.1 Å². The lowest BCUT2D eigenvalue weighted by molar-refractivity contribution is -0.152. The average molecular weight is 425 g/mol. The Morgan fingerprint density at radius 1 is 1.50 bits per heavy atom. The van der Waals surface area contributed by atoms with E-state index in [0.717, 1.165) is 14.7 Å². The second-order valence-electron chi connectivity index (χ2n) is 5.00. The fourth-order valence-electron chi connectivity index (χ4n) is 2.53. The van der Waals surface area contributed by atoms with E-state index in [-0.39, 0.29) is 5.91 Å². The average Bonchev–Trinajstić information content (AvgIpc) is 2.77. The Labute approximate surface area is 138 Å². The molecular formula is C13H15Br2NO3S. The van der Waals surface area contributed by atoms with E-state index < -0.39 is 11.4 Å². The van der Waals surface area contributed by atoms with Crippen LogP contribution in [0.5, 0.6) is 0 Å². The number of likely N-dealkylation sites (tertiary alicyclic amines) is 1. The Morgan fingerprint density at radius 2 is 2.20 bits per heavy atom. The number of thiophene rings is 1. The molecule has 1 fully saturated rings. The van der Waals surface area contributed by atoms with Gasteiger partial charge in [0, 0.05) is 17.6 Å². The van der Waals surface area contributed by atoms with E-state index in [9.17, 15) is 14.7 Å². The van der Waals surface area contributed by atoms with Crippen molar-refractivity contribution in [2.24, 2.45) is 5.41 Å². The van der Waals surface area contributed by atoms with Crippen molar-refractivity contribution < 1.29 is 14.7 Å². The molecule has 2 heterocycles. The number of hydrogen-bond acceptors (Lipinski definition) is 3. The smallest absolute Gasteiger partial charge is 0.311 e. The third kappa shape index (κ3) is 2.94. The largest absolute Gasteiger partial charge is 0.481 e.